The molecule has 2 aromatic rings. The molecule has 1 aromatic carbocycles. The summed E-state index contributed by atoms with van der Waals surface area (Å²) in [5.74, 6) is -0.575. The van der Waals surface area contributed by atoms with E-state index in [-0.39, 0.29) is 28.5 Å². The molecule has 98 valence electrons. The SMILES string of the molecule is O=C1C(Nc2ccc(I)cc2)=CC(=O)c2ncncc21. The monoisotopic (exact) mass is 377 g/mol. The number of fused-ring (bicyclic) bond motifs is 1. The van der Waals surface area contributed by atoms with Gasteiger partial charge in [-0.15, -0.1) is 0 Å². The molecule has 0 fully saturated rings. The number of halogens is 1. The number of allylic oxidation sites excluding steroid dienone is 2. The lowest BCUT2D eigenvalue weighted by Crippen LogP contribution is -2.22. The second-order valence-electron chi connectivity index (χ2n) is 4.17. The normalized spacial score (nSPS) is 13.8. The van der Waals surface area contributed by atoms with E-state index in [1.165, 1.54) is 18.6 Å². The van der Waals surface area contributed by atoms with Gasteiger partial charge >= 0.3 is 0 Å². The minimum atomic E-state index is -0.296. The first-order valence-electron chi connectivity index (χ1n) is 5.78. The maximum Gasteiger partial charge on any atom is 0.213 e. The molecule has 0 amide bonds. The number of carbonyl (C=O) groups excluding carboxylic acids is 2. The summed E-state index contributed by atoms with van der Waals surface area (Å²) in [5, 5.41) is 2.96. The topological polar surface area (TPSA) is 72.0 Å². The number of benzene rings is 1. The highest BCUT2D eigenvalue weighted by molar-refractivity contribution is 14.1. The molecular formula is C14H8IN3O2. The highest BCUT2D eigenvalue weighted by atomic mass is 127. The van der Waals surface area contributed by atoms with Gasteiger partial charge in [-0.05, 0) is 46.9 Å². The zero-order valence-corrected chi connectivity index (χ0v) is 12.3. The van der Waals surface area contributed by atoms with Gasteiger partial charge in [0.1, 0.15) is 12.0 Å². The van der Waals surface area contributed by atoms with Crippen LogP contribution in [0.4, 0.5) is 5.69 Å². The summed E-state index contributed by atoms with van der Waals surface area (Å²) in [4.78, 5) is 31.8. The molecule has 0 radical (unpaired) electrons. The zero-order valence-electron chi connectivity index (χ0n) is 10.1. The summed E-state index contributed by atoms with van der Waals surface area (Å²) in [7, 11) is 0. The zero-order chi connectivity index (χ0) is 14.1. The number of nitrogens with zero attached hydrogens (tertiary/aromatic N) is 2. The number of aromatic nitrogens is 2. The molecule has 1 aliphatic carbocycles. The van der Waals surface area contributed by atoms with Crippen molar-refractivity contribution in [2.45, 2.75) is 0 Å². The molecule has 1 heterocycles. The second kappa shape index (κ2) is 5.12. The molecule has 3 rings (SSSR count). The summed E-state index contributed by atoms with van der Waals surface area (Å²) < 4.78 is 1.09. The number of carbonyl (C=O) groups is 2. The van der Waals surface area contributed by atoms with Crippen molar-refractivity contribution >= 4 is 39.8 Å². The molecular weight excluding hydrogens is 369 g/mol. The van der Waals surface area contributed by atoms with Crippen molar-refractivity contribution in [3.05, 3.63) is 63.4 Å². The maximum atomic E-state index is 12.3. The van der Waals surface area contributed by atoms with Crippen LogP contribution in [0.5, 0.6) is 0 Å². The number of rotatable bonds is 2. The van der Waals surface area contributed by atoms with Crippen LogP contribution in [-0.2, 0) is 0 Å². The summed E-state index contributed by atoms with van der Waals surface area (Å²) in [6.07, 6.45) is 3.90. The number of ketones is 2. The van der Waals surface area contributed by atoms with Crippen molar-refractivity contribution in [3.63, 3.8) is 0 Å². The van der Waals surface area contributed by atoms with Crippen LogP contribution in [0, 0.1) is 3.57 Å². The number of nitrogens with one attached hydrogen (secondary N) is 1. The minimum absolute atomic E-state index is 0.151. The fraction of sp³-hybridized carbons (Fsp3) is 0. The number of hydrogen-bond donors (Lipinski definition) is 1. The number of anilines is 1. The van der Waals surface area contributed by atoms with Gasteiger partial charge < -0.3 is 5.32 Å². The second-order valence-corrected chi connectivity index (χ2v) is 5.41. The maximum absolute atomic E-state index is 12.3. The van der Waals surface area contributed by atoms with Crippen LogP contribution in [0.3, 0.4) is 0 Å². The van der Waals surface area contributed by atoms with Crippen LogP contribution in [0.1, 0.15) is 20.8 Å². The first-order chi connectivity index (χ1) is 9.65. The van der Waals surface area contributed by atoms with Crippen LogP contribution in [-0.4, -0.2) is 21.5 Å². The Labute approximate surface area is 128 Å². The van der Waals surface area contributed by atoms with Crippen LogP contribution >= 0.6 is 22.6 Å². The minimum Gasteiger partial charge on any atom is -0.352 e. The number of hydrogen-bond acceptors (Lipinski definition) is 5. The fourth-order valence-electron chi connectivity index (χ4n) is 1.88. The molecule has 0 saturated carbocycles. The molecule has 0 atom stereocenters. The summed E-state index contributed by atoms with van der Waals surface area (Å²) in [6.45, 7) is 0. The molecule has 0 unspecified atom stereocenters. The van der Waals surface area contributed by atoms with E-state index in [9.17, 15) is 9.59 Å². The van der Waals surface area contributed by atoms with Gasteiger partial charge in [-0.1, -0.05) is 0 Å². The van der Waals surface area contributed by atoms with Crippen molar-refractivity contribution in [1.29, 1.82) is 0 Å². The third kappa shape index (κ3) is 2.34. The summed E-state index contributed by atoms with van der Waals surface area (Å²) >= 11 is 2.19. The van der Waals surface area contributed by atoms with Gasteiger partial charge in [0, 0.05) is 21.5 Å². The van der Waals surface area contributed by atoms with E-state index in [4.69, 9.17) is 0 Å². The summed E-state index contributed by atoms with van der Waals surface area (Å²) in [5.41, 5.74) is 1.36. The third-order valence-corrected chi connectivity index (χ3v) is 3.55. The van der Waals surface area contributed by atoms with E-state index in [2.05, 4.69) is 37.9 Å². The quantitative estimate of drug-likeness (QED) is 0.815. The van der Waals surface area contributed by atoms with E-state index < -0.39 is 0 Å². The Balaban J connectivity index is 1.94. The Bertz CT molecular complexity index is 738. The molecule has 0 saturated heterocycles. The Kier molecular flexibility index (Phi) is 3.31. The molecule has 1 aliphatic rings. The Morgan fingerprint density at radius 2 is 1.85 bits per heavy atom. The van der Waals surface area contributed by atoms with Gasteiger partial charge in [0.15, 0.2) is 0 Å². The molecule has 1 aromatic heterocycles. The van der Waals surface area contributed by atoms with Crippen molar-refractivity contribution in [1.82, 2.24) is 9.97 Å². The van der Waals surface area contributed by atoms with E-state index in [0.717, 1.165) is 9.26 Å². The van der Waals surface area contributed by atoms with Crippen molar-refractivity contribution < 1.29 is 9.59 Å². The van der Waals surface area contributed by atoms with Gasteiger partial charge in [-0.2, -0.15) is 0 Å². The standard InChI is InChI=1S/C14H8IN3O2/c15-8-1-3-9(4-2-8)18-11-5-12(19)13-10(14(11)20)6-16-7-17-13/h1-7,18H. The van der Waals surface area contributed by atoms with Crippen LogP contribution in [0.15, 0.2) is 48.6 Å². The molecule has 0 aliphatic heterocycles. The third-order valence-electron chi connectivity index (χ3n) is 2.83. The van der Waals surface area contributed by atoms with Crippen molar-refractivity contribution in [3.8, 4) is 0 Å². The Morgan fingerprint density at radius 3 is 2.60 bits per heavy atom. The average Bonchev–Trinajstić information content (AvgIpc) is 2.47. The lowest BCUT2D eigenvalue weighted by atomic mass is 9.98. The average molecular weight is 377 g/mol. The van der Waals surface area contributed by atoms with Crippen LogP contribution in [0.2, 0.25) is 0 Å². The van der Waals surface area contributed by atoms with Gasteiger partial charge in [0.05, 0.1) is 11.3 Å². The Morgan fingerprint density at radius 1 is 1.10 bits per heavy atom. The molecule has 1 N–H and O–H groups in total. The number of Topliss-reactive ketones (excluding diaryl/α,β-unsaturated/α-hetero) is 1. The van der Waals surface area contributed by atoms with Gasteiger partial charge in [0.25, 0.3) is 0 Å². The first kappa shape index (κ1) is 12.9. The summed E-state index contributed by atoms with van der Waals surface area (Å²) in [6, 6.07) is 7.51. The molecule has 20 heavy (non-hydrogen) atoms. The van der Waals surface area contributed by atoms with Gasteiger partial charge in [0.2, 0.25) is 11.6 Å². The lowest BCUT2D eigenvalue weighted by molar-refractivity contribution is 0.0981. The predicted molar refractivity (Wildman–Crippen MR) is 81.6 cm³/mol. The highest BCUT2D eigenvalue weighted by Crippen LogP contribution is 2.21. The molecule has 6 heteroatoms. The van der Waals surface area contributed by atoms with Gasteiger partial charge in [-0.3, -0.25) is 9.59 Å². The predicted octanol–water partition coefficient (Wildman–Crippen LogP) is 2.46. The van der Waals surface area contributed by atoms with E-state index in [1.54, 1.807) is 0 Å². The van der Waals surface area contributed by atoms with Crippen molar-refractivity contribution in [2.24, 2.45) is 0 Å². The lowest BCUT2D eigenvalue weighted by Gasteiger charge is -2.15. The van der Waals surface area contributed by atoms with E-state index >= 15 is 0 Å². The Hall–Kier alpha value is -2.09. The molecule has 0 spiro atoms. The van der Waals surface area contributed by atoms with E-state index in [1.807, 2.05) is 24.3 Å². The largest absolute Gasteiger partial charge is 0.352 e. The van der Waals surface area contributed by atoms with Crippen molar-refractivity contribution in [2.75, 3.05) is 5.32 Å². The fourth-order valence-corrected chi connectivity index (χ4v) is 2.24. The van der Waals surface area contributed by atoms with Crippen LogP contribution < -0.4 is 5.32 Å². The molecule has 5 nitrogen and oxygen atoms in total. The van der Waals surface area contributed by atoms with Gasteiger partial charge in [-0.25, -0.2) is 9.97 Å². The highest BCUT2D eigenvalue weighted by Gasteiger charge is 2.26. The van der Waals surface area contributed by atoms with E-state index in [0.29, 0.717) is 0 Å². The molecule has 0 bridgehead atoms. The smallest absolute Gasteiger partial charge is 0.213 e. The van der Waals surface area contributed by atoms with Crippen LogP contribution in [0.25, 0.3) is 0 Å². The first-order valence-corrected chi connectivity index (χ1v) is 6.86.